The molecule has 0 aliphatic rings. The van der Waals surface area contributed by atoms with E-state index in [1.165, 1.54) is 13.3 Å². The van der Waals surface area contributed by atoms with Gasteiger partial charge in [0.1, 0.15) is 11.1 Å². The molecule has 0 spiro atoms. The molecular weight excluding hydrogens is 336 g/mol. The van der Waals surface area contributed by atoms with Gasteiger partial charge in [0.2, 0.25) is 5.95 Å². The van der Waals surface area contributed by atoms with Crippen LogP contribution in [0, 0.1) is 0 Å². The van der Waals surface area contributed by atoms with Crippen LogP contribution in [0.15, 0.2) is 40.1 Å². The second kappa shape index (κ2) is 7.36. The molecule has 0 fully saturated rings. The van der Waals surface area contributed by atoms with Crippen LogP contribution in [-0.4, -0.2) is 58.7 Å². The fraction of sp³-hybridized carbons (Fsp3) is 0.294. The highest BCUT2D eigenvalue weighted by Crippen LogP contribution is 2.19. The minimum atomic E-state index is -0.593. The monoisotopic (exact) mass is 356 g/mol. The number of likely N-dealkylation sites (N-methyl/N-ethyl adjacent to an activating group) is 1. The zero-order valence-electron chi connectivity index (χ0n) is 14.8. The van der Waals surface area contributed by atoms with Gasteiger partial charge >= 0.3 is 5.69 Å². The van der Waals surface area contributed by atoms with Crippen molar-refractivity contribution in [2.75, 3.05) is 39.6 Å². The van der Waals surface area contributed by atoms with E-state index in [0.717, 1.165) is 11.1 Å². The van der Waals surface area contributed by atoms with E-state index >= 15 is 0 Å². The third-order valence-electron chi connectivity index (χ3n) is 3.82. The predicted molar refractivity (Wildman–Crippen MR) is 99.4 cm³/mol. The molecule has 3 aromatic rings. The van der Waals surface area contributed by atoms with Gasteiger partial charge in [-0.3, -0.25) is 9.78 Å². The molecule has 136 valence electrons. The average molecular weight is 356 g/mol. The average Bonchev–Trinajstić information content (AvgIpc) is 2.61. The number of H-pyrrole nitrogens is 1. The summed E-state index contributed by atoms with van der Waals surface area (Å²) in [6, 6.07) is 6.80. The number of rotatable bonds is 6. The molecular formula is C17H20N6O3. The molecule has 2 N–H and O–H groups in total. The topological polar surface area (TPSA) is 105 Å². The summed E-state index contributed by atoms with van der Waals surface area (Å²) in [4.78, 5) is 38.4. The van der Waals surface area contributed by atoms with E-state index in [1.807, 2.05) is 19.0 Å². The lowest BCUT2D eigenvalue weighted by molar-refractivity contribution is 0.412. The van der Waals surface area contributed by atoms with Crippen LogP contribution in [0.4, 0.5) is 5.95 Å². The largest absolute Gasteiger partial charge is 0.495 e. The number of aromatic nitrogens is 4. The first kappa shape index (κ1) is 17.6. The first-order valence-corrected chi connectivity index (χ1v) is 8.05. The van der Waals surface area contributed by atoms with Gasteiger partial charge in [0.15, 0.2) is 5.65 Å². The van der Waals surface area contributed by atoms with Gasteiger partial charge in [-0.15, -0.1) is 0 Å². The van der Waals surface area contributed by atoms with Crippen molar-refractivity contribution >= 4 is 17.0 Å². The quantitative estimate of drug-likeness (QED) is 0.661. The molecule has 0 saturated heterocycles. The predicted octanol–water partition coefficient (Wildman–Crippen LogP) is 0.451. The molecule has 0 unspecified atom stereocenters. The Morgan fingerprint density at radius 2 is 2.04 bits per heavy atom. The molecule has 9 heteroatoms. The minimum Gasteiger partial charge on any atom is -0.495 e. The SMILES string of the molecule is COc1ccccc1-n1c(=O)[nH]c2nc(NCCN(C)C)ncc2c1=O. The van der Waals surface area contributed by atoms with E-state index in [-0.39, 0.29) is 11.0 Å². The van der Waals surface area contributed by atoms with Crippen molar-refractivity contribution in [1.82, 2.24) is 24.4 Å². The first-order chi connectivity index (χ1) is 12.5. The standard InChI is InChI=1S/C17H20N6O3/c1-22(2)9-8-18-16-19-10-11-14(20-16)21-17(25)23(15(11)24)12-6-4-5-7-13(12)26-3/h4-7,10H,8-9H2,1-3H3,(H2,18,19,20,21,25). The van der Waals surface area contributed by atoms with Crippen LogP contribution in [0.3, 0.4) is 0 Å². The summed E-state index contributed by atoms with van der Waals surface area (Å²) in [5.74, 6) is 0.770. The summed E-state index contributed by atoms with van der Waals surface area (Å²) in [6.45, 7) is 1.44. The normalized spacial score (nSPS) is 11.1. The Hall–Kier alpha value is -3.20. The molecule has 2 heterocycles. The van der Waals surface area contributed by atoms with Crippen LogP contribution in [0.5, 0.6) is 5.75 Å². The smallest absolute Gasteiger partial charge is 0.334 e. The lowest BCUT2D eigenvalue weighted by Crippen LogP contribution is -2.34. The number of benzene rings is 1. The van der Waals surface area contributed by atoms with Crippen LogP contribution in [0.2, 0.25) is 0 Å². The molecule has 0 aliphatic carbocycles. The number of hydrogen-bond acceptors (Lipinski definition) is 7. The molecule has 0 aliphatic heterocycles. The van der Waals surface area contributed by atoms with E-state index in [1.54, 1.807) is 24.3 Å². The highest BCUT2D eigenvalue weighted by Gasteiger charge is 2.14. The summed E-state index contributed by atoms with van der Waals surface area (Å²) in [5.41, 5.74) is -0.553. The fourth-order valence-corrected chi connectivity index (χ4v) is 2.51. The molecule has 26 heavy (non-hydrogen) atoms. The number of fused-ring (bicyclic) bond motifs is 1. The van der Waals surface area contributed by atoms with Crippen LogP contribution >= 0.6 is 0 Å². The van der Waals surface area contributed by atoms with Crippen LogP contribution in [-0.2, 0) is 0 Å². The van der Waals surface area contributed by atoms with E-state index in [9.17, 15) is 9.59 Å². The van der Waals surface area contributed by atoms with Crippen LogP contribution in [0.1, 0.15) is 0 Å². The van der Waals surface area contributed by atoms with Gasteiger partial charge in [-0.25, -0.2) is 14.3 Å². The van der Waals surface area contributed by atoms with Gasteiger partial charge in [0.25, 0.3) is 5.56 Å². The van der Waals surface area contributed by atoms with Gasteiger partial charge < -0.3 is 15.0 Å². The van der Waals surface area contributed by atoms with Crippen LogP contribution < -0.4 is 21.3 Å². The zero-order valence-corrected chi connectivity index (χ0v) is 14.8. The molecule has 2 aromatic heterocycles. The number of hydrogen-bond donors (Lipinski definition) is 2. The maximum atomic E-state index is 12.8. The Kier molecular flexibility index (Phi) is 4.99. The van der Waals surface area contributed by atoms with E-state index in [0.29, 0.717) is 23.9 Å². The van der Waals surface area contributed by atoms with Crippen molar-refractivity contribution in [2.45, 2.75) is 0 Å². The number of para-hydroxylation sites is 2. The van der Waals surface area contributed by atoms with Crippen molar-refractivity contribution in [3.63, 3.8) is 0 Å². The minimum absolute atomic E-state index is 0.188. The highest BCUT2D eigenvalue weighted by atomic mass is 16.5. The number of ether oxygens (including phenoxy) is 1. The summed E-state index contributed by atoms with van der Waals surface area (Å²) in [7, 11) is 5.40. The number of nitrogens with zero attached hydrogens (tertiary/aromatic N) is 4. The molecule has 9 nitrogen and oxygen atoms in total. The van der Waals surface area contributed by atoms with Crippen molar-refractivity contribution in [3.05, 3.63) is 51.3 Å². The Morgan fingerprint density at radius 1 is 1.27 bits per heavy atom. The molecule has 3 rings (SSSR count). The number of methoxy groups -OCH3 is 1. The van der Waals surface area contributed by atoms with Gasteiger partial charge in [-0.2, -0.15) is 4.98 Å². The zero-order chi connectivity index (χ0) is 18.7. The lowest BCUT2D eigenvalue weighted by Gasteiger charge is -2.11. The maximum Gasteiger partial charge on any atom is 0.334 e. The number of anilines is 1. The third-order valence-corrected chi connectivity index (χ3v) is 3.82. The first-order valence-electron chi connectivity index (χ1n) is 8.05. The number of nitrogens with one attached hydrogen (secondary N) is 2. The summed E-state index contributed by atoms with van der Waals surface area (Å²) < 4.78 is 6.26. The molecule has 0 amide bonds. The molecule has 0 radical (unpaired) electrons. The maximum absolute atomic E-state index is 12.8. The fourth-order valence-electron chi connectivity index (χ4n) is 2.51. The summed E-state index contributed by atoms with van der Waals surface area (Å²) >= 11 is 0. The highest BCUT2D eigenvalue weighted by molar-refractivity contribution is 5.73. The van der Waals surface area contributed by atoms with Gasteiger partial charge in [0.05, 0.1) is 12.8 Å². The van der Waals surface area contributed by atoms with Gasteiger partial charge in [-0.1, -0.05) is 12.1 Å². The second-order valence-corrected chi connectivity index (χ2v) is 5.93. The number of aromatic amines is 1. The summed E-state index contributed by atoms with van der Waals surface area (Å²) in [5, 5.41) is 3.27. The van der Waals surface area contributed by atoms with Crippen LogP contribution in [0.25, 0.3) is 16.7 Å². The Labute approximate surface area is 149 Å². The summed E-state index contributed by atoms with van der Waals surface area (Å²) in [6.07, 6.45) is 1.41. The van der Waals surface area contributed by atoms with Crippen molar-refractivity contribution in [2.24, 2.45) is 0 Å². The molecule has 0 saturated carbocycles. The van der Waals surface area contributed by atoms with Crippen molar-refractivity contribution in [1.29, 1.82) is 0 Å². The lowest BCUT2D eigenvalue weighted by atomic mass is 10.3. The Bertz CT molecular complexity index is 1040. The second-order valence-electron chi connectivity index (χ2n) is 5.93. The van der Waals surface area contributed by atoms with E-state index < -0.39 is 11.2 Å². The molecule has 0 atom stereocenters. The molecule has 0 bridgehead atoms. The van der Waals surface area contributed by atoms with Gasteiger partial charge in [-0.05, 0) is 26.2 Å². The molecule has 1 aromatic carbocycles. The van der Waals surface area contributed by atoms with E-state index in [2.05, 4.69) is 20.3 Å². The Balaban J connectivity index is 2.06. The van der Waals surface area contributed by atoms with Crippen molar-refractivity contribution in [3.8, 4) is 11.4 Å². The Morgan fingerprint density at radius 3 is 2.77 bits per heavy atom. The van der Waals surface area contributed by atoms with Gasteiger partial charge in [0, 0.05) is 19.3 Å². The van der Waals surface area contributed by atoms with E-state index in [4.69, 9.17) is 4.74 Å². The van der Waals surface area contributed by atoms with Crippen molar-refractivity contribution < 1.29 is 4.74 Å². The third kappa shape index (κ3) is 3.42.